The molecule has 0 spiro atoms. The summed E-state index contributed by atoms with van der Waals surface area (Å²) in [4.78, 5) is 19.2. The van der Waals surface area contributed by atoms with Gasteiger partial charge in [-0.2, -0.15) is 4.98 Å². The molecule has 0 N–H and O–H groups in total. The Morgan fingerprint density at radius 1 is 1.13 bits per heavy atom. The number of hydrogen-bond acceptors (Lipinski definition) is 6. The fraction of sp³-hybridized carbons (Fsp3) is 0.348. The number of nitrogens with zero attached hydrogens (tertiary/aromatic N) is 3. The molecule has 2 heterocycles. The number of benzene rings is 2. The maximum Gasteiger partial charge on any atom is 0.253 e. The van der Waals surface area contributed by atoms with Gasteiger partial charge in [-0.1, -0.05) is 35.5 Å². The lowest BCUT2D eigenvalue weighted by atomic mass is 9.96. The maximum atomic E-state index is 12.9. The molecule has 1 aromatic heterocycles. The number of carbonyl (C=O) groups excluding carboxylic acids is 1. The molecule has 1 saturated heterocycles. The number of hydrogen-bond donors (Lipinski definition) is 0. The third-order valence-corrected chi connectivity index (χ3v) is 5.23. The van der Waals surface area contributed by atoms with E-state index in [-0.39, 0.29) is 18.4 Å². The summed E-state index contributed by atoms with van der Waals surface area (Å²) in [5.41, 5.74) is 1.75. The van der Waals surface area contributed by atoms with E-state index >= 15 is 0 Å². The van der Waals surface area contributed by atoms with Crippen molar-refractivity contribution in [3.63, 3.8) is 0 Å². The van der Waals surface area contributed by atoms with Crippen LogP contribution in [-0.2, 0) is 18.0 Å². The monoisotopic (exact) mass is 407 g/mol. The van der Waals surface area contributed by atoms with E-state index in [1.54, 1.807) is 31.4 Å². The van der Waals surface area contributed by atoms with Gasteiger partial charge < -0.3 is 18.9 Å². The molecule has 3 aromatic rings. The minimum Gasteiger partial charge on any atom is -0.497 e. The Kier molecular flexibility index (Phi) is 6.39. The van der Waals surface area contributed by atoms with Crippen LogP contribution >= 0.6 is 0 Å². The van der Waals surface area contributed by atoms with Crippen LogP contribution in [0.3, 0.4) is 0 Å². The smallest absolute Gasteiger partial charge is 0.253 e. The second-order valence-corrected chi connectivity index (χ2v) is 7.34. The Morgan fingerprint density at radius 2 is 1.93 bits per heavy atom. The average molecular weight is 407 g/mol. The molecule has 0 saturated carbocycles. The summed E-state index contributed by atoms with van der Waals surface area (Å²) in [6, 6.07) is 17.1. The van der Waals surface area contributed by atoms with Gasteiger partial charge in [-0.3, -0.25) is 4.79 Å². The van der Waals surface area contributed by atoms with E-state index in [2.05, 4.69) is 10.1 Å². The van der Waals surface area contributed by atoms with Crippen LogP contribution in [0.4, 0.5) is 0 Å². The maximum absolute atomic E-state index is 12.9. The lowest BCUT2D eigenvalue weighted by Gasteiger charge is -2.31. The third kappa shape index (κ3) is 4.86. The number of likely N-dealkylation sites (tertiary alicyclic amines) is 1. The second-order valence-electron chi connectivity index (χ2n) is 7.34. The molecule has 1 aliphatic rings. The van der Waals surface area contributed by atoms with Gasteiger partial charge in [0.1, 0.15) is 12.4 Å². The number of piperidine rings is 1. The molecule has 1 unspecified atom stereocenters. The molecular weight excluding hydrogens is 382 g/mol. The van der Waals surface area contributed by atoms with Gasteiger partial charge in [0, 0.05) is 24.6 Å². The topological polar surface area (TPSA) is 77.7 Å². The summed E-state index contributed by atoms with van der Waals surface area (Å²) in [5, 5.41) is 4.13. The first-order valence-electron chi connectivity index (χ1n) is 10.1. The van der Waals surface area contributed by atoms with E-state index in [9.17, 15) is 4.79 Å². The molecule has 30 heavy (non-hydrogen) atoms. The molecule has 156 valence electrons. The van der Waals surface area contributed by atoms with Crippen LogP contribution in [0.15, 0.2) is 59.1 Å². The predicted octanol–water partition coefficient (Wildman–Crippen LogP) is 3.81. The van der Waals surface area contributed by atoms with Gasteiger partial charge in [-0.05, 0) is 42.7 Å². The van der Waals surface area contributed by atoms with Crippen molar-refractivity contribution in [2.75, 3.05) is 20.2 Å². The van der Waals surface area contributed by atoms with Crippen molar-refractivity contribution < 1.29 is 18.8 Å². The normalized spacial score (nSPS) is 16.4. The first-order chi connectivity index (χ1) is 14.7. The fourth-order valence-corrected chi connectivity index (χ4v) is 3.61. The molecule has 7 heteroatoms. The molecular formula is C23H25N3O4. The summed E-state index contributed by atoms with van der Waals surface area (Å²) in [7, 11) is 1.61. The standard InChI is InChI=1S/C23H25N3O4/c1-28-20-11-9-18(10-12-20)23(27)26-13-5-8-19(14-26)22-24-21(30-25-22)16-29-15-17-6-3-2-4-7-17/h2-4,6-7,9-12,19H,5,8,13-16H2,1H3. The third-order valence-electron chi connectivity index (χ3n) is 5.23. The van der Waals surface area contributed by atoms with Crippen LogP contribution in [0.25, 0.3) is 0 Å². The number of methoxy groups -OCH3 is 1. The van der Waals surface area contributed by atoms with Gasteiger partial charge in [0.15, 0.2) is 5.82 Å². The predicted molar refractivity (Wildman–Crippen MR) is 110 cm³/mol. The van der Waals surface area contributed by atoms with Gasteiger partial charge in [0.25, 0.3) is 11.8 Å². The number of carbonyl (C=O) groups is 1. The quantitative estimate of drug-likeness (QED) is 0.593. The zero-order valence-corrected chi connectivity index (χ0v) is 17.0. The van der Waals surface area contributed by atoms with Crippen LogP contribution < -0.4 is 4.74 Å². The molecule has 2 aromatic carbocycles. The van der Waals surface area contributed by atoms with E-state index in [0.29, 0.717) is 30.4 Å². The lowest BCUT2D eigenvalue weighted by molar-refractivity contribution is 0.0703. The molecule has 4 rings (SSSR count). The van der Waals surface area contributed by atoms with E-state index < -0.39 is 0 Å². The van der Waals surface area contributed by atoms with Crippen LogP contribution in [-0.4, -0.2) is 41.1 Å². The largest absolute Gasteiger partial charge is 0.497 e. The van der Waals surface area contributed by atoms with Crippen molar-refractivity contribution in [3.05, 3.63) is 77.4 Å². The van der Waals surface area contributed by atoms with Crippen LogP contribution in [0, 0.1) is 0 Å². The van der Waals surface area contributed by atoms with Gasteiger partial charge in [-0.25, -0.2) is 0 Å². The number of aromatic nitrogens is 2. The van der Waals surface area contributed by atoms with E-state index in [0.717, 1.165) is 30.7 Å². The Bertz CT molecular complexity index is 956. The summed E-state index contributed by atoms with van der Waals surface area (Å²) < 4.78 is 16.2. The highest BCUT2D eigenvalue weighted by Gasteiger charge is 2.28. The van der Waals surface area contributed by atoms with Crippen molar-refractivity contribution in [2.45, 2.75) is 32.0 Å². The summed E-state index contributed by atoms with van der Waals surface area (Å²) in [6.07, 6.45) is 1.83. The molecule has 1 aliphatic heterocycles. The van der Waals surface area contributed by atoms with Crippen molar-refractivity contribution in [2.24, 2.45) is 0 Å². The first-order valence-corrected chi connectivity index (χ1v) is 10.1. The summed E-state index contributed by atoms with van der Waals surface area (Å²) in [5.74, 6) is 1.90. The number of amides is 1. The van der Waals surface area contributed by atoms with E-state index in [1.807, 2.05) is 35.2 Å². The molecule has 1 atom stereocenters. The minimum absolute atomic E-state index is 0.0114. The Labute approximate surface area is 175 Å². The van der Waals surface area contributed by atoms with Gasteiger partial charge in [0.05, 0.1) is 13.7 Å². The molecule has 1 fully saturated rings. The second kappa shape index (κ2) is 9.54. The Balaban J connectivity index is 1.33. The van der Waals surface area contributed by atoms with Gasteiger partial charge >= 0.3 is 0 Å². The van der Waals surface area contributed by atoms with Crippen LogP contribution in [0.5, 0.6) is 5.75 Å². The molecule has 1 amide bonds. The minimum atomic E-state index is 0.0114. The summed E-state index contributed by atoms with van der Waals surface area (Å²) in [6.45, 7) is 2.07. The number of ether oxygens (including phenoxy) is 2. The fourth-order valence-electron chi connectivity index (χ4n) is 3.61. The van der Waals surface area contributed by atoms with Gasteiger partial charge in [-0.15, -0.1) is 0 Å². The molecule has 0 bridgehead atoms. The Morgan fingerprint density at radius 3 is 2.70 bits per heavy atom. The highest BCUT2D eigenvalue weighted by atomic mass is 16.5. The van der Waals surface area contributed by atoms with Crippen molar-refractivity contribution in [1.82, 2.24) is 15.0 Å². The molecule has 0 radical (unpaired) electrons. The van der Waals surface area contributed by atoms with E-state index in [1.165, 1.54) is 0 Å². The Hall–Kier alpha value is -3.19. The van der Waals surface area contributed by atoms with E-state index in [4.69, 9.17) is 14.0 Å². The van der Waals surface area contributed by atoms with Crippen molar-refractivity contribution in [3.8, 4) is 5.75 Å². The number of rotatable bonds is 7. The zero-order valence-electron chi connectivity index (χ0n) is 17.0. The van der Waals surface area contributed by atoms with Crippen LogP contribution in [0.2, 0.25) is 0 Å². The molecule has 7 nitrogen and oxygen atoms in total. The lowest BCUT2D eigenvalue weighted by Crippen LogP contribution is -2.39. The highest BCUT2D eigenvalue weighted by molar-refractivity contribution is 5.94. The highest BCUT2D eigenvalue weighted by Crippen LogP contribution is 2.26. The van der Waals surface area contributed by atoms with Gasteiger partial charge in [0.2, 0.25) is 0 Å². The zero-order chi connectivity index (χ0) is 20.8. The van der Waals surface area contributed by atoms with Crippen LogP contribution in [0.1, 0.15) is 46.4 Å². The average Bonchev–Trinajstić information content (AvgIpc) is 3.28. The molecule has 0 aliphatic carbocycles. The SMILES string of the molecule is COc1ccc(C(=O)N2CCCC(c3noc(COCc4ccccc4)n3)C2)cc1. The first kappa shape index (κ1) is 20.1. The van der Waals surface area contributed by atoms with Crippen molar-refractivity contribution >= 4 is 5.91 Å². The summed E-state index contributed by atoms with van der Waals surface area (Å²) >= 11 is 0. The van der Waals surface area contributed by atoms with Crippen molar-refractivity contribution in [1.29, 1.82) is 0 Å².